The SMILES string of the molecule is O=c1cc2c(nn1Cc1ccc(Cl)cc1)CCCN2. The molecule has 1 N–H and O–H groups in total. The summed E-state index contributed by atoms with van der Waals surface area (Å²) in [5, 5.41) is 8.34. The number of rotatable bonds is 2. The predicted molar refractivity (Wildman–Crippen MR) is 75.9 cm³/mol. The molecular formula is C14H14ClN3O. The van der Waals surface area contributed by atoms with E-state index in [-0.39, 0.29) is 5.56 Å². The molecule has 1 aromatic carbocycles. The normalized spacial score (nSPS) is 13.7. The van der Waals surface area contributed by atoms with Crippen LogP contribution in [0.25, 0.3) is 0 Å². The summed E-state index contributed by atoms with van der Waals surface area (Å²) in [4.78, 5) is 12.0. The van der Waals surface area contributed by atoms with Crippen molar-refractivity contribution in [3.63, 3.8) is 0 Å². The molecule has 0 amide bonds. The van der Waals surface area contributed by atoms with Gasteiger partial charge in [0.2, 0.25) is 0 Å². The van der Waals surface area contributed by atoms with E-state index in [2.05, 4.69) is 10.4 Å². The van der Waals surface area contributed by atoms with Crippen molar-refractivity contribution in [1.82, 2.24) is 9.78 Å². The number of anilines is 1. The molecule has 0 unspecified atom stereocenters. The maximum Gasteiger partial charge on any atom is 0.269 e. The number of nitrogens with zero attached hydrogens (tertiary/aromatic N) is 2. The molecule has 0 spiro atoms. The lowest BCUT2D eigenvalue weighted by molar-refractivity contribution is 0.608. The summed E-state index contributed by atoms with van der Waals surface area (Å²) in [5.41, 5.74) is 2.79. The van der Waals surface area contributed by atoms with Gasteiger partial charge in [0.25, 0.3) is 5.56 Å². The van der Waals surface area contributed by atoms with Crippen LogP contribution in [0.2, 0.25) is 5.02 Å². The first-order chi connectivity index (χ1) is 9.22. The van der Waals surface area contributed by atoms with Gasteiger partial charge >= 0.3 is 0 Å². The van der Waals surface area contributed by atoms with Crippen LogP contribution in [0, 0.1) is 0 Å². The van der Waals surface area contributed by atoms with Crippen molar-refractivity contribution in [1.29, 1.82) is 0 Å². The van der Waals surface area contributed by atoms with Crippen LogP contribution in [-0.2, 0) is 13.0 Å². The third kappa shape index (κ3) is 2.63. The molecule has 5 heteroatoms. The van der Waals surface area contributed by atoms with Gasteiger partial charge in [-0.2, -0.15) is 5.10 Å². The molecule has 0 atom stereocenters. The summed E-state index contributed by atoms with van der Waals surface area (Å²) < 4.78 is 1.51. The lowest BCUT2D eigenvalue weighted by Crippen LogP contribution is -2.27. The van der Waals surface area contributed by atoms with Crippen LogP contribution in [0.1, 0.15) is 17.7 Å². The minimum atomic E-state index is -0.0805. The molecule has 4 nitrogen and oxygen atoms in total. The molecule has 19 heavy (non-hydrogen) atoms. The summed E-state index contributed by atoms with van der Waals surface area (Å²) in [6.45, 7) is 1.39. The highest BCUT2D eigenvalue weighted by Crippen LogP contribution is 2.17. The van der Waals surface area contributed by atoms with E-state index in [1.165, 1.54) is 4.68 Å². The van der Waals surface area contributed by atoms with Gasteiger partial charge in [0, 0.05) is 17.6 Å². The Morgan fingerprint density at radius 2 is 2.11 bits per heavy atom. The fourth-order valence-electron chi connectivity index (χ4n) is 2.22. The molecule has 0 fully saturated rings. The Kier molecular flexibility index (Phi) is 3.25. The van der Waals surface area contributed by atoms with Crippen molar-refractivity contribution in [3.05, 3.63) is 57.0 Å². The van der Waals surface area contributed by atoms with E-state index in [9.17, 15) is 4.79 Å². The Morgan fingerprint density at radius 1 is 1.32 bits per heavy atom. The van der Waals surface area contributed by atoms with E-state index in [0.717, 1.165) is 36.3 Å². The average Bonchev–Trinajstić information content (AvgIpc) is 2.42. The van der Waals surface area contributed by atoms with Gasteiger partial charge in [-0.3, -0.25) is 4.79 Å². The molecule has 0 saturated carbocycles. The highest BCUT2D eigenvalue weighted by Gasteiger charge is 2.12. The third-order valence-corrected chi connectivity index (χ3v) is 3.48. The van der Waals surface area contributed by atoms with E-state index in [1.54, 1.807) is 6.07 Å². The average molecular weight is 276 g/mol. The molecular weight excluding hydrogens is 262 g/mol. The van der Waals surface area contributed by atoms with Crippen molar-refractivity contribution >= 4 is 17.3 Å². The highest BCUT2D eigenvalue weighted by atomic mass is 35.5. The zero-order valence-corrected chi connectivity index (χ0v) is 11.2. The van der Waals surface area contributed by atoms with Gasteiger partial charge in [0.1, 0.15) is 0 Å². The molecule has 1 aliphatic heterocycles. The minimum absolute atomic E-state index is 0.0805. The fraction of sp³-hybridized carbons (Fsp3) is 0.286. The van der Waals surface area contributed by atoms with Crippen LogP contribution in [0.15, 0.2) is 35.1 Å². The Hall–Kier alpha value is -1.81. The summed E-state index contributed by atoms with van der Waals surface area (Å²) in [7, 11) is 0. The molecule has 0 bridgehead atoms. The minimum Gasteiger partial charge on any atom is -0.383 e. The lowest BCUT2D eigenvalue weighted by Gasteiger charge is -2.17. The van der Waals surface area contributed by atoms with Gasteiger partial charge in [0.15, 0.2) is 0 Å². The molecule has 3 rings (SSSR count). The number of hydrogen-bond donors (Lipinski definition) is 1. The molecule has 2 aromatic rings. The van der Waals surface area contributed by atoms with E-state index < -0.39 is 0 Å². The fourth-order valence-corrected chi connectivity index (χ4v) is 2.35. The summed E-state index contributed by atoms with van der Waals surface area (Å²) in [6.07, 6.45) is 1.97. The first-order valence-electron chi connectivity index (χ1n) is 6.32. The third-order valence-electron chi connectivity index (χ3n) is 3.23. The van der Waals surface area contributed by atoms with Crippen LogP contribution in [0.4, 0.5) is 5.69 Å². The highest BCUT2D eigenvalue weighted by molar-refractivity contribution is 6.30. The van der Waals surface area contributed by atoms with Crippen LogP contribution in [-0.4, -0.2) is 16.3 Å². The van der Waals surface area contributed by atoms with Crippen molar-refractivity contribution in [2.45, 2.75) is 19.4 Å². The summed E-state index contributed by atoms with van der Waals surface area (Å²) >= 11 is 5.85. The number of fused-ring (bicyclic) bond motifs is 1. The van der Waals surface area contributed by atoms with Crippen molar-refractivity contribution < 1.29 is 0 Å². The molecule has 1 aliphatic rings. The Balaban J connectivity index is 1.92. The molecule has 1 aromatic heterocycles. The Bertz CT molecular complexity index is 649. The summed E-state index contributed by atoms with van der Waals surface area (Å²) in [5.74, 6) is 0. The van der Waals surface area contributed by atoms with Crippen LogP contribution in [0.5, 0.6) is 0 Å². The first kappa shape index (κ1) is 12.2. The van der Waals surface area contributed by atoms with Gasteiger partial charge in [0.05, 0.1) is 17.9 Å². The maximum absolute atomic E-state index is 12.0. The smallest absolute Gasteiger partial charge is 0.269 e. The molecule has 2 heterocycles. The second-order valence-electron chi connectivity index (χ2n) is 4.66. The van der Waals surface area contributed by atoms with Crippen molar-refractivity contribution in [2.75, 3.05) is 11.9 Å². The topological polar surface area (TPSA) is 46.9 Å². The lowest BCUT2D eigenvalue weighted by atomic mass is 10.1. The molecule has 0 saturated heterocycles. The number of halogens is 1. The van der Waals surface area contributed by atoms with E-state index >= 15 is 0 Å². The van der Waals surface area contributed by atoms with E-state index in [4.69, 9.17) is 11.6 Å². The molecule has 0 radical (unpaired) electrons. The monoisotopic (exact) mass is 275 g/mol. The first-order valence-corrected chi connectivity index (χ1v) is 6.69. The summed E-state index contributed by atoms with van der Waals surface area (Å²) in [6, 6.07) is 9.10. The van der Waals surface area contributed by atoms with E-state index in [0.29, 0.717) is 11.6 Å². The molecule has 98 valence electrons. The second-order valence-corrected chi connectivity index (χ2v) is 5.09. The Labute approximate surface area is 116 Å². The van der Waals surface area contributed by atoms with Crippen molar-refractivity contribution in [2.24, 2.45) is 0 Å². The second kappa shape index (κ2) is 5.05. The number of hydrogen-bond acceptors (Lipinski definition) is 3. The van der Waals surface area contributed by atoms with Crippen molar-refractivity contribution in [3.8, 4) is 0 Å². The largest absolute Gasteiger partial charge is 0.383 e. The zero-order valence-electron chi connectivity index (χ0n) is 10.4. The van der Waals surface area contributed by atoms with Gasteiger partial charge in [-0.25, -0.2) is 4.68 Å². The predicted octanol–water partition coefficient (Wildman–Crippen LogP) is 2.30. The quantitative estimate of drug-likeness (QED) is 0.915. The van der Waals surface area contributed by atoms with Gasteiger partial charge in [-0.05, 0) is 30.5 Å². The standard InChI is InChI=1S/C14H14ClN3O/c15-11-5-3-10(4-6-11)9-18-14(19)8-13-12(17-18)2-1-7-16-13/h3-6,8,16H,1-2,7,9H2. The number of aromatic nitrogens is 2. The van der Waals surface area contributed by atoms with E-state index in [1.807, 2.05) is 24.3 Å². The number of benzene rings is 1. The van der Waals surface area contributed by atoms with Gasteiger partial charge in [-0.1, -0.05) is 23.7 Å². The number of aryl methyl sites for hydroxylation is 1. The maximum atomic E-state index is 12.0. The zero-order chi connectivity index (χ0) is 13.2. The van der Waals surface area contributed by atoms with Crippen LogP contribution >= 0.6 is 11.6 Å². The van der Waals surface area contributed by atoms with Crippen LogP contribution < -0.4 is 10.9 Å². The molecule has 0 aliphatic carbocycles. The number of nitrogens with one attached hydrogen (secondary N) is 1. The Morgan fingerprint density at radius 3 is 2.89 bits per heavy atom. The van der Waals surface area contributed by atoms with Gasteiger partial charge in [-0.15, -0.1) is 0 Å². The van der Waals surface area contributed by atoms with Crippen LogP contribution in [0.3, 0.4) is 0 Å². The van der Waals surface area contributed by atoms with Gasteiger partial charge < -0.3 is 5.32 Å².